The summed E-state index contributed by atoms with van der Waals surface area (Å²) in [4.78, 5) is 17.3. The molecule has 1 fully saturated rings. The number of pyridine rings is 1. The Morgan fingerprint density at radius 2 is 1.83 bits per heavy atom. The quantitative estimate of drug-likeness (QED) is 0.681. The normalized spacial score (nSPS) is 17.1. The zero-order valence-electron chi connectivity index (χ0n) is 17.0. The lowest BCUT2D eigenvalue weighted by Gasteiger charge is -2.38. The van der Waals surface area contributed by atoms with Crippen molar-refractivity contribution in [2.24, 2.45) is 0 Å². The third-order valence-corrected chi connectivity index (χ3v) is 6.49. The van der Waals surface area contributed by atoms with Crippen molar-refractivity contribution in [1.29, 1.82) is 0 Å². The van der Waals surface area contributed by atoms with E-state index in [1.165, 1.54) is 24.8 Å². The number of carbonyl (C=O) groups excluding carboxylic acids is 1. The average Bonchev–Trinajstić information content (AvgIpc) is 3.27. The second kappa shape index (κ2) is 7.98. The third kappa shape index (κ3) is 3.60. The number of carbonyl (C=O) groups is 1. The van der Waals surface area contributed by atoms with Crippen molar-refractivity contribution >= 4 is 16.8 Å². The minimum Gasteiger partial charge on any atom is -0.454 e. The summed E-state index contributed by atoms with van der Waals surface area (Å²) in [7, 11) is 0. The number of hydrogen-bond acceptors (Lipinski definition) is 4. The summed E-state index contributed by atoms with van der Waals surface area (Å²) in [6, 6.07) is 16.2. The number of fused-ring (bicyclic) bond motifs is 2. The topological polar surface area (TPSA) is 60.5 Å². The van der Waals surface area contributed by atoms with Crippen LogP contribution < -0.4 is 14.8 Å². The van der Waals surface area contributed by atoms with Gasteiger partial charge in [-0.1, -0.05) is 49.6 Å². The highest BCUT2D eigenvalue weighted by molar-refractivity contribution is 5.87. The van der Waals surface area contributed by atoms with Crippen LogP contribution in [0.25, 0.3) is 10.9 Å². The molecule has 2 aromatic carbocycles. The Kier molecular flexibility index (Phi) is 5.03. The Morgan fingerprint density at radius 1 is 1.00 bits per heavy atom. The van der Waals surface area contributed by atoms with Crippen molar-refractivity contribution in [1.82, 2.24) is 10.3 Å². The summed E-state index contributed by atoms with van der Waals surface area (Å²) in [5.74, 6) is 1.65. The van der Waals surface area contributed by atoms with E-state index in [9.17, 15) is 4.79 Å². The molecule has 0 bridgehead atoms. The number of para-hydroxylation sites is 1. The average molecular weight is 402 g/mol. The maximum absolute atomic E-state index is 12.9. The zero-order valence-corrected chi connectivity index (χ0v) is 17.0. The predicted octanol–water partition coefficient (Wildman–Crippen LogP) is 4.52. The van der Waals surface area contributed by atoms with Crippen LogP contribution >= 0.6 is 0 Å². The molecule has 5 rings (SSSR count). The summed E-state index contributed by atoms with van der Waals surface area (Å²) >= 11 is 0. The summed E-state index contributed by atoms with van der Waals surface area (Å²) in [6.07, 6.45) is 7.87. The molecule has 0 radical (unpaired) electrons. The standard InChI is InChI=1S/C25H26N2O3/c28-23(14-19-7-4-6-18-8-5-13-26-24(18)19)27-16-25(11-2-1-3-12-25)20-9-10-21-22(15-20)30-17-29-21/h4-10,13,15H,1-3,11-12,14,16-17H2,(H,27,28). The summed E-state index contributed by atoms with van der Waals surface area (Å²) < 4.78 is 11.1. The van der Waals surface area contributed by atoms with Gasteiger partial charge in [-0.15, -0.1) is 0 Å². The van der Waals surface area contributed by atoms with Crippen molar-refractivity contribution in [2.45, 2.75) is 43.9 Å². The number of amides is 1. The molecule has 1 aromatic heterocycles. The fourth-order valence-electron chi connectivity index (χ4n) is 4.84. The van der Waals surface area contributed by atoms with E-state index in [1.807, 2.05) is 36.4 Å². The number of nitrogens with one attached hydrogen (secondary N) is 1. The zero-order chi connectivity index (χ0) is 20.4. The number of nitrogens with zero attached hydrogens (tertiary/aromatic N) is 1. The van der Waals surface area contributed by atoms with Gasteiger partial charge in [-0.2, -0.15) is 0 Å². The Morgan fingerprint density at radius 3 is 2.73 bits per heavy atom. The number of hydrogen-bond donors (Lipinski definition) is 1. The molecule has 1 amide bonds. The monoisotopic (exact) mass is 402 g/mol. The molecule has 1 saturated carbocycles. The summed E-state index contributed by atoms with van der Waals surface area (Å²) in [6.45, 7) is 0.922. The van der Waals surface area contributed by atoms with E-state index in [2.05, 4.69) is 22.4 Å². The molecule has 1 N–H and O–H groups in total. The first-order chi connectivity index (χ1) is 14.7. The van der Waals surface area contributed by atoms with Crippen molar-refractivity contribution in [3.05, 3.63) is 65.9 Å². The third-order valence-electron chi connectivity index (χ3n) is 6.49. The Balaban J connectivity index is 1.34. The van der Waals surface area contributed by atoms with Crippen LogP contribution in [0.15, 0.2) is 54.7 Å². The van der Waals surface area contributed by atoms with Crippen LogP contribution in [0.4, 0.5) is 0 Å². The van der Waals surface area contributed by atoms with Crippen LogP contribution in [0.3, 0.4) is 0 Å². The maximum atomic E-state index is 12.9. The van der Waals surface area contributed by atoms with Crippen molar-refractivity contribution in [3.63, 3.8) is 0 Å². The number of rotatable bonds is 5. The fraction of sp³-hybridized carbons (Fsp3) is 0.360. The van der Waals surface area contributed by atoms with Crippen LogP contribution in [0.2, 0.25) is 0 Å². The lowest BCUT2D eigenvalue weighted by atomic mass is 9.69. The van der Waals surface area contributed by atoms with E-state index in [-0.39, 0.29) is 18.1 Å². The molecular formula is C25H26N2O3. The second-order valence-electron chi connectivity index (χ2n) is 8.35. The van der Waals surface area contributed by atoms with E-state index >= 15 is 0 Å². The van der Waals surface area contributed by atoms with Crippen LogP contribution in [0, 0.1) is 0 Å². The van der Waals surface area contributed by atoms with Crippen LogP contribution in [-0.4, -0.2) is 24.2 Å². The summed E-state index contributed by atoms with van der Waals surface area (Å²) in [5, 5.41) is 4.30. The van der Waals surface area contributed by atoms with E-state index in [0.29, 0.717) is 13.0 Å². The molecule has 5 heteroatoms. The largest absolute Gasteiger partial charge is 0.454 e. The van der Waals surface area contributed by atoms with Gasteiger partial charge in [-0.05, 0) is 42.2 Å². The predicted molar refractivity (Wildman–Crippen MR) is 116 cm³/mol. The molecule has 3 aromatic rings. The number of ether oxygens (including phenoxy) is 2. The molecule has 5 nitrogen and oxygen atoms in total. The van der Waals surface area contributed by atoms with E-state index in [1.54, 1.807) is 6.20 Å². The van der Waals surface area contributed by atoms with Gasteiger partial charge in [-0.3, -0.25) is 9.78 Å². The molecule has 2 aliphatic rings. The minimum atomic E-state index is -0.0497. The van der Waals surface area contributed by atoms with E-state index in [0.717, 1.165) is 40.8 Å². The second-order valence-corrected chi connectivity index (χ2v) is 8.35. The Hall–Kier alpha value is -3.08. The van der Waals surface area contributed by atoms with Gasteiger partial charge < -0.3 is 14.8 Å². The molecule has 1 aliphatic heterocycles. The van der Waals surface area contributed by atoms with Crippen molar-refractivity contribution in [3.8, 4) is 11.5 Å². The molecule has 0 spiro atoms. The van der Waals surface area contributed by atoms with Crippen molar-refractivity contribution < 1.29 is 14.3 Å². The van der Waals surface area contributed by atoms with Gasteiger partial charge in [0.15, 0.2) is 11.5 Å². The molecule has 0 unspecified atom stereocenters. The van der Waals surface area contributed by atoms with Crippen molar-refractivity contribution in [2.75, 3.05) is 13.3 Å². The molecular weight excluding hydrogens is 376 g/mol. The van der Waals surface area contributed by atoms with E-state index in [4.69, 9.17) is 9.47 Å². The van der Waals surface area contributed by atoms with Gasteiger partial charge in [-0.25, -0.2) is 0 Å². The Labute approximate surface area is 176 Å². The highest BCUT2D eigenvalue weighted by Gasteiger charge is 2.35. The molecule has 0 saturated heterocycles. The van der Waals surface area contributed by atoms with Gasteiger partial charge in [0, 0.05) is 23.5 Å². The Bertz CT molecular complexity index is 1070. The summed E-state index contributed by atoms with van der Waals surface area (Å²) in [5.41, 5.74) is 3.05. The maximum Gasteiger partial charge on any atom is 0.231 e. The van der Waals surface area contributed by atoms with Gasteiger partial charge >= 0.3 is 0 Å². The van der Waals surface area contributed by atoms with Gasteiger partial charge in [0.25, 0.3) is 0 Å². The lowest BCUT2D eigenvalue weighted by molar-refractivity contribution is -0.120. The molecule has 154 valence electrons. The first kappa shape index (κ1) is 18.9. The smallest absolute Gasteiger partial charge is 0.231 e. The van der Waals surface area contributed by atoms with Crippen LogP contribution in [0.1, 0.15) is 43.2 Å². The SMILES string of the molecule is O=C(Cc1cccc2cccnc12)NCC1(c2ccc3c(c2)OCO3)CCCCC1. The molecule has 0 atom stereocenters. The fourth-order valence-corrected chi connectivity index (χ4v) is 4.84. The highest BCUT2D eigenvalue weighted by atomic mass is 16.7. The molecule has 2 heterocycles. The first-order valence-corrected chi connectivity index (χ1v) is 10.7. The van der Waals surface area contributed by atoms with E-state index < -0.39 is 0 Å². The number of aromatic nitrogens is 1. The number of benzene rings is 2. The lowest BCUT2D eigenvalue weighted by Crippen LogP contribution is -2.42. The molecule has 1 aliphatic carbocycles. The van der Waals surface area contributed by atoms with Gasteiger partial charge in [0.2, 0.25) is 12.7 Å². The van der Waals surface area contributed by atoms with Crippen LogP contribution in [0.5, 0.6) is 11.5 Å². The van der Waals surface area contributed by atoms with Gasteiger partial charge in [0.05, 0.1) is 11.9 Å². The minimum absolute atomic E-state index is 0.0406. The van der Waals surface area contributed by atoms with Crippen LogP contribution in [-0.2, 0) is 16.6 Å². The first-order valence-electron chi connectivity index (χ1n) is 10.7. The highest BCUT2D eigenvalue weighted by Crippen LogP contribution is 2.43. The van der Waals surface area contributed by atoms with Gasteiger partial charge in [0.1, 0.15) is 0 Å². The molecule has 30 heavy (non-hydrogen) atoms.